The standard InChI is InChI=1S/C24H34N2O4S/c1-17(2)26-31(28,29)21-12-10-20(11-13-21)25-23(27)24(5,6)14-7-15-30-22-16-18(3)8-9-19(22)4/h8-13,16-17,26H,7,14-15H2,1-6H3,(H,25,27). The average molecular weight is 447 g/mol. The van der Waals surface area contributed by atoms with Gasteiger partial charge in [0.15, 0.2) is 0 Å². The highest BCUT2D eigenvalue weighted by atomic mass is 32.2. The maximum absolute atomic E-state index is 12.7. The van der Waals surface area contributed by atoms with Gasteiger partial charge in [0.05, 0.1) is 11.5 Å². The molecular weight excluding hydrogens is 412 g/mol. The lowest BCUT2D eigenvalue weighted by molar-refractivity contribution is -0.124. The molecule has 0 aliphatic carbocycles. The Morgan fingerprint density at radius 3 is 2.32 bits per heavy atom. The zero-order valence-electron chi connectivity index (χ0n) is 19.3. The number of hydrogen-bond acceptors (Lipinski definition) is 4. The van der Waals surface area contributed by atoms with Gasteiger partial charge in [0, 0.05) is 17.1 Å². The average Bonchev–Trinajstić information content (AvgIpc) is 2.67. The number of benzene rings is 2. The molecule has 6 nitrogen and oxygen atoms in total. The second kappa shape index (κ2) is 10.3. The van der Waals surface area contributed by atoms with Crippen LogP contribution in [0, 0.1) is 19.3 Å². The van der Waals surface area contributed by atoms with E-state index in [9.17, 15) is 13.2 Å². The molecule has 170 valence electrons. The van der Waals surface area contributed by atoms with E-state index in [1.807, 2.05) is 39.8 Å². The highest BCUT2D eigenvalue weighted by molar-refractivity contribution is 7.89. The number of nitrogens with one attached hydrogen (secondary N) is 2. The number of ether oxygens (including phenoxy) is 1. The molecule has 0 spiro atoms. The number of aryl methyl sites for hydroxylation is 2. The SMILES string of the molecule is Cc1ccc(C)c(OCCCC(C)(C)C(=O)Nc2ccc(S(=O)(=O)NC(C)C)cc2)c1. The summed E-state index contributed by atoms with van der Waals surface area (Å²) >= 11 is 0. The lowest BCUT2D eigenvalue weighted by Gasteiger charge is -2.24. The predicted octanol–water partition coefficient (Wildman–Crippen LogP) is 4.81. The molecule has 2 aromatic carbocycles. The van der Waals surface area contributed by atoms with Crippen molar-refractivity contribution in [1.29, 1.82) is 0 Å². The Kier molecular flexibility index (Phi) is 8.26. The third kappa shape index (κ3) is 7.36. The summed E-state index contributed by atoms with van der Waals surface area (Å²) in [6.07, 6.45) is 1.40. The fourth-order valence-electron chi connectivity index (χ4n) is 3.07. The Bertz CT molecular complexity index is 997. The van der Waals surface area contributed by atoms with Gasteiger partial charge < -0.3 is 10.1 Å². The number of amides is 1. The van der Waals surface area contributed by atoms with Crippen molar-refractivity contribution in [1.82, 2.24) is 4.72 Å². The van der Waals surface area contributed by atoms with Gasteiger partial charge in [-0.25, -0.2) is 13.1 Å². The van der Waals surface area contributed by atoms with E-state index in [1.54, 1.807) is 26.0 Å². The Morgan fingerprint density at radius 2 is 1.71 bits per heavy atom. The van der Waals surface area contributed by atoms with E-state index in [0.717, 1.165) is 23.3 Å². The van der Waals surface area contributed by atoms with Gasteiger partial charge in [0.2, 0.25) is 15.9 Å². The molecule has 0 aliphatic rings. The Hall–Kier alpha value is -2.38. The summed E-state index contributed by atoms with van der Waals surface area (Å²) in [5.74, 6) is 0.763. The van der Waals surface area contributed by atoms with Crippen LogP contribution in [0.3, 0.4) is 0 Å². The van der Waals surface area contributed by atoms with Gasteiger partial charge >= 0.3 is 0 Å². The smallest absolute Gasteiger partial charge is 0.240 e. The van der Waals surface area contributed by atoms with Crippen molar-refractivity contribution in [3.05, 3.63) is 53.6 Å². The summed E-state index contributed by atoms with van der Waals surface area (Å²) in [4.78, 5) is 12.9. The first-order chi connectivity index (χ1) is 14.4. The minimum atomic E-state index is -3.55. The zero-order chi connectivity index (χ0) is 23.2. The van der Waals surface area contributed by atoms with Crippen LogP contribution in [0.5, 0.6) is 5.75 Å². The minimum Gasteiger partial charge on any atom is -0.493 e. The quantitative estimate of drug-likeness (QED) is 0.513. The van der Waals surface area contributed by atoms with Crippen molar-refractivity contribution in [2.45, 2.75) is 65.3 Å². The van der Waals surface area contributed by atoms with Crippen molar-refractivity contribution in [3.8, 4) is 5.75 Å². The van der Waals surface area contributed by atoms with Gasteiger partial charge in [-0.3, -0.25) is 4.79 Å². The monoisotopic (exact) mass is 446 g/mol. The molecule has 0 unspecified atom stereocenters. The van der Waals surface area contributed by atoms with E-state index < -0.39 is 15.4 Å². The van der Waals surface area contributed by atoms with Gasteiger partial charge in [-0.1, -0.05) is 26.0 Å². The van der Waals surface area contributed by atoms with Gasteiger partial charge in [0.1, 0.15) is 5.75 Å². The number of rotatable bonds is 10. The van der Waals surface area contributed by atoms with Gasteiger partial charge in [0.25, 0.3) is 0 Å². The number of sulfonamides is 1. The minimum absolute atomic E-state index is 0.116. The molecule has 0 aromatic heterocycles. The Labute approximate surface area is 186 Å². The fraction of sp³-hybridized carbons (Fsp3) is 0.458. The largest absolute Gasteiger partial charge is 0.493 e. The van der Waals surface area contributed by atoms with Crippen molar-refractivity contribution in [3.63, 3.8) is 0 Å². The Balaban J connectivity index is 1.89. The van der Waals surface area contributed by atoms with Crippen molar-refractivity contribution < 1.29 is 17.9 Å². The van der Waals surface area contributed by atoms with Crippen LogP contribution in [0.1, 0.15) is 51.7 Å². The molecule has 31 heavy (non-hydrogen) atoms. The Morgan fingerprint density at radius 1 is 1.06 bits per heavy atom. The van der Waals surface area contributed by atoms with Crippen LogP contribution >= 0.6 is 0 Å². The molecule has 0 saturated heterocycles. The van der Waals surface area contributed by atoms with E-state index in [4.69, 9.17) is 4.74 Å². The molecule has 2 N–H and O–H groups in total. The van der Waals surface area contributed by atoms with E-state index >= 15 is 0 Å². The van der Waals surface area contributed by atoms with Crippen LogP contribution in [-0.2, 0) is 14.8 Å². The molecule has 2 aromatic rings. The molecule has 0 heterocycles. The maximum atomic E-state index is 12.7. The molecule has 0 radical (unpaired) electrons. The normalized spacial score (nSPS) is 12.1. The highest BCUT2D eigenvalue weighted by Gasteiger charge is 2.27. The molecule has 0 atom stereocenters. The number of anilines is 1. The summed E-state index contributed by atoms with van der Waals surface area (Å²) in [5, 5.41) is 2.88. The summed E-state index contributed by atoms with van der Waals surface area (Å²) in [6.45, 7) is 11.9. The van der Waals surface area contributed by atoms with Crippen LogP contribution < -0.4 is 14.8 Å². The van der Waals surface area contributed by atoms with Gasteiger partial charge in [-0.15, -0.1) is 0 Å². The molecule has 1 amide bonds. The summed E-state index contributed by atoms with van der Waals surface area (Å²) in [7, 11) is -3.55. The summed E-state index contributed by atoms with van der Waals surface area (Å²) in [6, 6.07) is 12.1. The van der Waals surface area contributed by atoms with Gasteiger partial charge in [-0.05, 0) is 82.0 Å². The van der Waals surface area contributed by atoms with E-state index in [1.165, 1.54) is 12.1 Å². The van der Waals surface area contributed by atoms with E-state index in [-0.39, 0.29) is 16.8 Å². The third-order valence-electron chi connectivity index (χ3n) is 4.98. The van der Waals surface area contributed by atoms with Crippen LogP contribution in [0.15, 0.2) is 47.4 Å². The molecule has 0 fully saturated rings. The topological polar surface area (TPSA) is 84.5 Å². The second-order valence-electron chi connectivity index (χ2n) is 8.86. The number of hydrogen-bond donors (Lipinski definition) is 2. The first-order valence-corrected chi connectivity index (χ1v) is 12.0. The molecular formula is C24H34N2O4S. The number of carbonyl (C=O) groups is 1. The molecule has 7 heteroatoms. The summed E-state index contributed by atoms with van der Waals surface area (Å²) in [5.41, 5.74) is 2.22. The van der Waals surface area contributed by atoms with Crippen LogP contribution in [0.4, 0.5) is 5.69 Å². The van der Waals surface area contributed by atoms with Crippen LogP contribution in [0.2, 0.25) is 0 Å². The van der Waals surface area contributed by atoms with Crippen molar-refractivity contribution in [2.24, 2.45) is 5.41 Å². The first-order valence-electron chi connectivity index (χ1n) is 10.5. The van der Waals surface area contributed by atoms with Crippen molar-refractivity contribution in [2.75, 3.05) is 11.9 Å². The molecule has 0 saturated carbocycles. The fourth-order valence-corrected chi connectivity index (χ4v) is 4.32. The lowest BCUT2D eigenvalue weighted by Crippen LogP contribution is -2.31. The summed E-state index contributed by atoms with van der Waals surface area (Å²) < 4.78 is 32.9. The zero-order valence-corrected chi connectivity index (χ0v) is 20.1. The number of carbonyl (C=O) groups excluding carboxylic acids is 1. The first kappa shape index (κ1) is 24.9. The van der Waals surface area contributed by atoms with Crippen LogP contribution in [-0.4, -0.2) is 27.0 Å². The third-order valence-corrected chi connectivity index (χ3v) is 6.65. The molecule has 0 aliphatic heterocycles. The highest BCUT2D eigenvalue weighted by Crippen LogP contribution is 2.26. The molecule has 2 rings (SSSR count). The lowest BCUT2D eigenvalue weighted by atomic mass is 9.87. The van der Waals surface area contributed by atoms with Gasteiger partial charge in [-0.2, -0.15) is 0 Å². The van der Waals surface area contributed by atoms with Crippen molar-refractivity contribution >= 4 is 21.6 Å². The second-order valence-corrected chi connectivity index (χ2v) is 10.6. The van der Waals surface area contributed by atoms with E-state index in [0.29, 0.717) is 18.7 Å². The van der Waals surface area contributed by atoms with Crippen LogP contribution in [0.25, 0.3) is 0 Å². The maximum Gasteiger partial charge on any atom is 0.240 e. The van der Waals surface area contributed by atoms with E-state index in [2.05, 4.69) is 16.1 Å². The molecule has 0 bridgehead atoms. The predicted molar refractivity (Wildman–Crippen MR) is 125 cm³/mol.